The van der Waals surface area contributed by atoms with Crippen LogP contribution in [-0.2, 0) is 0 Å². The van der Waals surface area contributed by atoms with Crippen molar-refractivity contribution in [2.24, 2.45) is 0 Å². The minimum Gasteiger partial charge on any atom is -0.394 e. The maximum Gasteiger partial charge on any atom is 0.273 e. The van der Waals surface area contributed by atoms with Crippen molar-refractivity contribution in [2.45, 2.75) is 44.3 Å². The first kappa shape index (κ1) is 26.9. The van der Waals surface area contributed by atoms with Crippen LogP contribution in [0.1, 0.15) is 48.3 Å². The van der Waals surface area contributed by atoms with E-state index in [9.17, 15) is 9.90 Å². The number of nitrogens with two attached hydrogens (primary N) is 1. The number of piperazine rings is 1. The molecular weight excluding hydrogens is 501 g/mol. The first-order valence-electron chi connectivity index (χ1n) is 12.5. The fourth-order valence-electron chi connectivity index (χ4n) is 5.46. The molecule has 0 radical (unpaired) electrons. The maximum atomic E-state index is 12.0. The number of nitrogen functional groups attached to an aromatic ring is 1. The van der Waals surface area contributed by atoms with Gasteiger partial charge in [0, 0.05) is 56.9 Å². The highest BCUT2D eigenvalue weighted by atomic mass is 35.5. The van der Waals surface area contributed by atoms with Gasteiger partial charge in [-0.3, -0.25) is 14.6 Å². The molecule has 196 valence electrons. The number of carbonyl (C=O) groups is 1. The van der Waals surface area contributed by atoms with Crippen LogP contribution in [0.3, 0.4) is 0 Å². The minimum absolute atomic E-state index is 0.00836. The van der Waals surface area contributed by atoms with Gasteiger partial charge in [0.15, 0.2) is 22.5 Å². The molecule has 11 heteroatoms. The molecule has 9 nitrogen and oxygen atoms in total. The standard InChI is InChI=1S/C25H35Cl2N7O2/c1-3-18-14-33(24-22(27)30-21(23(28)31-24)25(36)29-2)12-13-34(18)19-8-10-32(11-9-19)20(15-35)16-4-6-17(26)7-5-16/h4-7,18-20,35H,3,8-15H2,1-2H3,(H2,28,31)(H,29,36)/t18-,20?/m0/s1. The molecule has 2 atom stereocenters. The zero-order valence-corrected chi connectivity index (χ0v) is 22.3. The average Bonchev–Trinajstić information content (AvgIpc) is 2.91. The summed E-state index contributed by atoms with van der Waals surface area (Å²) < 4.78 is 0. The molecule has 4 rings (SSSR count). The van der Waals surface area contributed by atoms with Crippen molar-refractivity contribution < 1.29 is 9.90 Å². The topological polar surface area (TPSA) is 111 Å². The number of hydrogen-bond donors (Lipinski definition) is 3. The Kier molecular flexibility index (Phi) is 8.90. The van der Waals surface area contributed by atoms with Gasteiger partial charge in [-0.2, -0.15) is 0 Å². The number of likely N-dealkylation sites (tertiary alicyclic amines) is 1. The molecule has 0 spiro atoms. The molecule has 0 saturated carbocycles. The monoisotopic (exact) mass is 535 g/mol. The van der Waals surface area contributed by atoms with Crippen LogP contribution < -0.4 is 16.0 Å². The van der Waals surface area contributed by atoms with E-state index in [4.69, 9.17) is 28.9 Å². The Hall–Kier alpha value is -2.17. The molecule has 1 aromatic carbocycles. The molecule has 4 N–H and O–H groups in total. The van der Waals surface area contributed by atoms with Crippen molar-refractivity contribution in [3.8, 4) is 0 Å². The summed E-state index contributed by atoms with van der Waals surface area (Å²) in [4.78, 5) is 27.8. The summed E-state index contributed by atoms with van der Waals surface area (Å²) in [5, 5.41) is 13.5. The van der Waals surface area contributed by atoms with Crippen molar-refractivity contribution in [2.75, 3.05) is 57.0 Å². The third-order valence-electron chi connectivity index (χ3n) is 7.44. The number of piperidine rings is 1. The number of hydrogen-bond acceptors (Lipinski definition) is 8. The first-order valence-corrected chi connectivity index (χ1v) is 13.3. The van der Waals surface area contributed by atoms with Gasteiger partial charge in [0.1, 0.15) is 0 Å². The van der Waals surface area contributed by atoms with Gasteiger partial charge in [0.2, 0.25) is 0 Å². The Morgan fingerprint density at radius 1 is 1.17 bits per heavy atom. The molecule has 3 heterocycles. The Morgan fingerprint density at radius 3 is 2.47 bits per heavy atom. The lowest BCUT2D eigenvalue weighted by molar-refractivity contribution is 0.0356. The smallest absolute Gasteiger partial charge is 0.273 e. The summed E-state index contributed by atoms with van der Waals surface area (Å²) in [6, 6.07) is 8.60. The molecule has 1 unspecified atom stereocenters. The molecule has 0 bridgehead atoms. The quantitative estimate of drug-likeness (QED) is 0.496. The Morgan fingerprint density at radius 2 is 1.86 bits per heavy atom. The average molecular weight is 537 g/mol. The van der Waals surface area contributed by atoms with E-state index < -0.39 is 5.91 Å². The van der Waals surface area contributed by atoms with Crippen LogP contribution >= 0.6 is 23.2 Å². The SMILES string of the molecule is CC[C@H]1CN(c2nc(N)c(C(=O)NC)nc2Cl)CCN1C1CCN(C(CO)c2ccc(Cl)cc2)CC1. The number of nitrogens with one attached hydrogen (secondary N) is 1. The summed E-state index contributed by atoms with van der Waals surface area (Å²) in [5.41, 5.74) is 7.17. The number of amides is 1. The predicted octanol–water partition coefficient (Wildman–Crippen LogP) is 2.82. The van der Waals surface area contributed by atoms with Crippen molar-refractivity contribution in [1.82, 2.24) is 25.1 Å². The van der Waals surface area contributed by atoms with Crippen molar-refractivity contribution in [1.29, 1.82) is 0 Å². The summed E-state index contributed by atoms with van der Waals surface area (Å²) in [6.45, 7) is 6.58. The molecule has 0 aliphatic carbocycles. The summed E-state index contributed by atoms with van der Waals surface area (Å²) in [7, 11) is 1.52. The largest absolute Gasteiger partial charge is 0.394 e. The predicted molar refractivity (Wildman–Crippen MR) is 144 cm³/mol. The Balaban J connectivity index is 1.40. The molecule has 36 heavy (non-hydrogen) atoms. The molecule has 2 saturated heterocycles. The lowest BCUT2D eigenvalue weighted by Gasteiger charge is -2.48. The van der Waals surface area contributed by atoms with Gasteiger partial charge in [-0.25, -0.2) is 9.97 Å². The van der Waals surface area contributed by atoms with Gasteiger partial charge in [0.25, 0.3) is 5.91 Å². The number of aliphatic hydroxyl groups is 1. The van der Waals surface area contributed by atoms with E-state index in [1.807, 2.05) is 24.3 Å². The van der Waals surface area contributed by atoms with Gasteiger partial charge in [0.05, 0.1) is 12.6 Å². The van der Waals surface area contributed by atoms with E-state index in [1.54, 1.807) is 0 Å². The molecule has 1 aromatic heterocycles. The molecular formula is C25H35Cl2N7O2. The van der Waals surface area contributed by atoms with Crippen LogP contribution in [-0.4, -0.2) is 89.2 Å². The van der Waals surface area contributed by atoms with E-state index in [-0.39, 0.29) is 29.3 Å². The number of halogens is 2. The zero-order chi connectivity index (χ0) is 25.8. The van der Waals surface area contributed by atoms with Crippen molar-refractivity contribution in [3.05, 3.63) is 45.7 Å². The van der Waals surface area contributed by atoms with E-state index in [0.717, 1.165) is 57.5 Å². The van der Waals surface area contributed by atoms with E-state index in [1.165, 1.54) is 7.05 Å². The van der Waals surface area contributed by atoms with Crippen molar-refractivity contribution in [3.63, 3.8) is 0 Å². The highest BCUT2D eigenvalue weighted by molar-refractivity contribution is 6.32. The fourth-order valence-corrected chi connectivity index (χ4v) is 5.83. The van der Waals surface area contributed by atoms with Crippen LogP contribution in [0.2, 0.25) is 10.2 Å². The second kappa shape index (κ2) is 11.9. The number of rotatable bonds is 7. The lowest BCUT2D eigenvalue weighted by Crippen LogP contribution is -2.58. The highest BCUT2D eigenvalue weighted by Crippen LogP contribution is 2.31. The van der Waals surface area contributed by atoms with Gasteiger partial charge in [-0.1, -0.05) is 42.3 Å². The third-order valence-corrected chi connectivity index (χ3v) is 7.95. The fraction of sp³-hybridized carbons (Fsp3) is 0.560. The van der Waals surface area contributed by atoms with Crippen molar-refractivity contribution >= 4 is 40.7 Å². The molecule has 1 amide bonds. The number of aromatic nitrogens is 2. The normalized spacial score (nSPS) is 20.9. The van der Waals surface area contributed by atoms with Crippen LogP contribution in [0.4, 0.5) is 11.6 Å². The minimum atomic E-state index is -0.407. The van der Waals surface area contributed by atoms with E-state index in [0.29, 0.717) is 22.9 Å². The van der Waals surface area contributed by atoms with Gasteiger partial charge in [-0.15, -0.1) is 0 Å². The lowest BCUT2D eigenvalue weighted by atomic mass is 9.96. The number of benzene rings is 1. The van der Waals surface area contributed by atoms with E-state index in [2.05, 4.69) is 36.9 Å². The molecule has 2 aromatic rings. The van der Waals surface area contributed by atoms with Gasteiger partial charge < -0.3 is 21.1 Å². The first-order chi connectivity index (χ1) is 17.4. The Bertz CT molecular complexity index is 1050. The molecule has 2 fully saturated rings. The third kappa shape index (κ3) is 5.70. The molecule has 2 aliphatic rings. The van der Waals surface area contributed by atoms with Crippen LogP contribution in [0.15, 0.2) is 24.3 Å². The van der Waals surface area contributed by atoms with E-state index >= 15 is 0 Å². The summed E-state index contributed by atoms with van der Waals surface area (Å²) >= 11 is 12.5. The summed E-state index contributed by atoms with van der Waals surface area (Å²) in [5.74, 6) is 0.203. The maximum absolute atomic E-state index is 12.0. The van der Waals surface area contributed by atoms with Gasteiger partial charge >= 0.3 is 0 Å². The highest BCUT2D eigenvalue weighted by Gasteiger charge is 2.35. The number of nitrogens with zero attached hydrogens (tertiary/aromatic N) is 5. The number of aliphatic hydroxyl groups excluding tert-OH is 1. The van der Waals surface area contributed by atoms with Crippen LogP contribution in [0, 0.1) is 0 Å². The zero-order valence-electron chi connectivity index (χ0n) is 20.8. The second-order valence-electron chi connectivity index (χ2n) is 9.41. The second-order valence-corrected chi connectivity index (χ2v) is 10.2. The van der Waals surface area contributed by atoms with Crippen LogP contribution in [0.5, 0.6) is 0 Å². The van der Waals surface area contributed by atoms with Crippen LogP contribution in [0.25, 0.3) is 0 Å². The number of carbonyl (C=O) groups excluding carboxylic acids is 1. The molecule has 2 aliphatic heterocycles. The van der Waals surface area contributed by atoms with Gasteiger partial charge in [-0.05, 0) is 37.0 Å². The Labute approximate surface area is 222 Å². The summed E-state index contributed by atoms with van der Waals surface area (Å²) in [6.07, 6.45) is 3.10. The number of anilines is 2.